The SMILES string of the molecule is CC(C)N(C(=O)c1cc(F)ccc1Oc1nncnc1N1CC2(CCN(C[C@H]3CC[C@]4(CC3)C[C@@H](C)C(=O)N4)CC2)C1)C(C)C. The molecule has 3 aliphatic heterocycles. The highest BCUT2D eigenvalue weighted by Crippen LogP contribution is 2.45. The normalized spacial score (nSPS) is 26.4. The summed E-state index contributed by atoms with van der Waals surface area (Å²) in [5.74, 6) is 1.33. The smallest absolute Gasteiger partial charge is 0.282 e. The van der Waals surface area contributed by atoms with Gasteiger partial charge in [0.2, 0.25) is 5.91 Å². The van der Waals surface area contributed by atoms with E-state index in [0.717, 1.165) is 64.8 Å². The number of halogens is 1. The summed E-state index contributed by atoms with van der Waals surface area (Å²) in [6, 6.07) is 3.86. The first-order valence-corrected chi connectivity index (χ1v) is 16.7. The number of carbonyl (C=O) groups is 2. The molecule has 0 bridgehead atoms. The van der Waals surface area contributed by atoms with Crippen LogP contribution in [0.3, 0.4) is 0 Å². The van der Waals surface area contributed by atoms with Gasteiger partial charge in [0.05, 0.1) is 5.56 Å². The maximum absolute atomic E-state index is 14.3. The first-order valence-electron chi connectivity index (χ1n) is 16.7. The molecule has 1 saturated carbocycles. The summed E-state index contributed by atoms with van der Waals surface area (Å²) in [6.45, 7) is 14.9. The van der Waals surface area contributed by atoms with E-state index >= 15 is 0 Å². The molecule has 0 radical (unpaired) electrons. The lowest BCUT2D eigenvalue weighted by Gasteiger charge is -2.54. The van der Waals surface area contributed by atoms with Crippen molar-refractivity contribution in [2.45, 2.75) is 97.2 Å². The van der Waals surface area contributed by atoms with Gasteiger partial charge in [-0.25, -0.2) is 9.37 Å². The molecule has 2 spiro atoms. The van der Waals surface area contributed by atoms with Gasteiger partial charge < -0.3 is 24.8 Å². The number of anilines is 1. The number of hydrogen-bond donors (Lipinski definition) is 1. The number of ether oxygens (including phenoxy) is 1. The van der Waals surface area contributed by atoms with Gasteiger partial charge in [0.25, 0.3) is 11.8 Å². The fraction of sp³-hybridized carbons (Fsp3) is 0.676. The molecule has 1 N–H and O–H groups in total. The molecule has 0 unspecified atom stereocenters. The molecule has 244 valence electrons. The van der Waals surface area contributed by atoms with E-state index in [1.54, 1.807) is 4.90 Å². The van der Waals surface area contributed by atoms with Crippen LogP contribution in [0.1, 0.15) is 89.9 Å². The Kier molecular flexibility index (Phi) is 8.76. The van der Waals surface area contributed by atoms with Crippen molar-refractivity contribution >= 4 is 17.6 Å². The van der Waals surface area contributed by atoms with Crippen molar-refractivity contribution in [3.05, 3.63) is 35.9 Å². The van der Waals surface area contributed by atoms with E-state index in [1.165, 1.54) is 37.4 Å². The highest BCUT2D eigenvalue weighted by Gasteiger charge is 2.48. The Bertz CT molecular complexity index is 1390. The zero-order valence-corrected chi connectivity index (χ0v) is 27.4. The molecular weight excluding hydrogens is 573 g/mol. The Hall–Kier alpha value is -3.34. The van der Waals surface area contributed by atoms with Crippen molar-refractivity contribution in [1.82, 2.24) is 30.3 Å². The fourth-order valence-corrected chi connectivity index (χ4v) is 8.27. The second-order valence-electron chi connectivity index (χ2n) is 14.7. The minimum Gasteiger partial charge on any atom is -0.434 e. The van der Waals surface area contributed by atoms with Crippen LogP contribution in [0.25, 0.3) is 0 Å². The molecule has 10 nitrogen and oxygen atoms in total. The summed E-state index contributed by atoms with van der Waals surface area (Å²) in [4.78, 5) is 36.7. The van der Waals surface area contributed by atoms with Crippen LogP contribution in [0.4, 0.5) is 10.2 Å². The van der Waals surface area contributed by atoms with Crippen LogP contribution in [0.5, 0.6) is 11.6 Å². The quantitative estimate of drug-likeness (QED) is 0.437. The summed E-state index contributed by atoms with van der Waals surface area (Å²) >= 11 is 0. The number of carbonyl (C=O) groups excluding carboxylic acids is 2. The summed E-state index contributed by atoms with van der Waals surface area (Å²) in [5.41, 5.74) is 0.450. The Morgan fingerprint density at radius 1 is 1.11 bits per heavy atom. The third kappa shape index (κ3) is 6.50. The topological polar surface area (TPSA) is 104 Å². The molecule has 3 saturated heterocycles. The number of hydrogen-bond acceptors (Lipinski definition) is 8. The molecular formula is C34H48FN7O3. The molecule has 1 aromatic carbocycles. The van der Waals surface area contributed by atoms with Crippen molar-refractivity contribution < 1.29 is 18.7 Å². The Morgan fingerprint density at radius 2 is 1.80 bits per heavy atom. The van der Waals surface area contributed by atoms with Gasteiger partial charge in [0, 0.05) is 48.6 Å². The van der Waals surface area contributed by atoms with Crippen molar-refractivity contribution in [2.24, 2.45) is 17.3 Å². The first kappa shape index (κ1) is 31.6. The standard InChI is InChI=1S/C34H48FN7O3/c1-22(2)42(23(3)4)32(44)27-16-26(35)6-7-28(27)45-31-29(36-21-37-39-31)41-19-33(20-41)12-14-40(15-13-33)18-25-8-10-34(11-9-25)17-24(5)30(43)38-34/h6-7,16,21-25H,8-15,17-20H2,1-5H3,(H,38,43)/t24-,25-,34-/m1/s1. The van der Waals surface area contributed by atoms with E-state index in [1.807, 2.05) is 27.7 Å². The van der Waals surface area contributed by atoms with Gasteiger partial charge in [-0.1, -0.05) is 6.92 Å². The van der Waals surface area contributed by atoms with Crippen LogP contribution in [-0.4, -0.2) is 87.1 Å². The zero-order valence-electron chi connectivity index (χ0n) is 27.4. The molecule has 4 fully saturated rings. The highest BCUT2D eigenvalue weighted by molar-refractivity contribution is 5.97. The average molecular weight is 622 g/mol. The molecule has 4 heterocycles. The Morgan fingerprint density at radius 3 is 2.42 bits per heavy atom. The van der Waals surface area contributed by atoms with E-state index < -0.39 is 5.82 Å². The van der Waals surface area contributed by atoms with E-state index in [2.05, 4.69) is 37.2 Å². The monoisotopic (exact) mass is 621 g/mol. The van der Waals surface area contributed by atoms with Crippen molar-refractivity contribution in [1.29, 1.82) is 0 Å². The molecule has 11 heteroatoms. The minimum atomic E-state index is -0.504. The van der Waals surface area contributed by atoms with Gasteiger partial charge in [0.1, 0.15) is 17.9 Å². The minimum absolute atomic E-state index is 0.0586. The van der Waals surface area contributed by atoms with Gasteiger partial charge in [-0.2, -0.15) is 0 Å². The van der Waals surface area contributed by atoms with Crippen LogP contribution in [-0.2, 0) is 4.79 Å². The lowest BCUT2D eigenvalue weighted by atomic mass is 9.71. The third-order valence-corrected chi connectivity index (χ3v) is 10.7. The number of likely N-dealkylation sites (tertiary alicyclic amines) is 1. The van der Waals surface area contributed by atoms with Gasteiger partial charge in [-0.3, -0.25) is 9.59 Å². The highest BCUT2D eigenvalue weighted by atomic mass is 19.1. The largest absolute Gasteiger partial charge is 0.434 e. The van der Waals surface area contributed by atoms with E-state index in [-0.39, 0.29) is 58.0 Å². The third-order valence-electron chi connectivity index (χ3n) is 10.7. The molecule has 1 aromatic heterocycles. The van der Waals surface area contributed by atoms with Crippen LogP contribution >= 0.6 is 0 Å². The summed E-state index contributed by atoms with van der Waals surface area (Å²) in [6.07, 6.45) is 9.29. The molecule has 4 aliphatic rings. The number of rotatable bonds is 8. The molecule has 2 aromatic rings. The predicted molar refractivity (Wildman–Crippen MR) is 170 cm³/mol. The first-order chi connectivity index (χ1) is 21.5. The van der Waals surface area contributed by atoms with Gasteiger partial charge in [-0.05, 0) is 110 Å². The molecule has 6 rings (SSSR count). The van der Waals surface area contributed by atoms with Crippen LogP contribution in [0.2, 0.25) is 0 Å². The number of piperidine rings is 1. The lowest BCUT2D eigenvalue weighted by molar-refractivity contribution is -0.122. The molecule has 45 heavy (non-hydrogen) atoms. The Balaban J connectivity index is 1.05. The molecule has 1 aliphatic carbocycles. The lowest BCUT2D eigenvalue weighted by Crippen LogP contribution is -2.61. The van der Waals surface area contributed by atoms with E-state index in [0.29, 0.717) is 11.7 Å². The van der Waals surface area contributed by atoms with E-state index in [4.69, 9.17) is 4.74 Å². The molecule has 1 atom stereocenters. The van der Waals surface area contributed by atoms with Crippen molar-refractivity contribution in [2.75, 3.05) is 37.6 Å². The number of aromatic nitrogens is 3. The maximum atomic E-state index is 14.3. The van der Waals surface area contributed by atoms with Gasteiger partial charge in [-0.15, -0.1) is 10.2 Å². The number of benzene rings is 1. The average Bonchev–Trinajstić information content (AvgIpc) is 3.26. The van der Waals surface area contributed by atoms with Crippen molar-refractivity contribution in [3.63, 3.8) is 0 Å². The number of nitrogens with one attached hydrogen (secondary N) is 1. The second kappa shape index (κ2) is 12.5. The summed E-state index contributed by atoms with van der Waals surface area (Å²) in [7, 11) is 0. The van der Waals surface area contributed by atoms with Crippen LogP contribution in [0.15, 0.2) is 24.5 Å². The second-order valence-corrected chi connectivity index (χ2v) is 14.7. The van der Waals surface area contributed by atoms with E-state index in [9.17, 15) is 14.0 Å². The van der Waals surface area contributed by atoms with Crippen molar-refractivity contribution in [3.8, 4) is 11.6 Å². The number of amides is 2. The number of nitrogens with zero attached hydrogens (tertiary/aromatic N) is 6. The molecule has 2 amide bonds. The Labute approximate surface area is 266 Å². The zero-order chi connectivity index (χ0) is 31.9. The van der Waals surface area contributed by atoms with Gasteiger partial charge >= 0.3 is 0 Å². The van der Waals surface area contributed by atoms with Crippen LogP contribution in [0, 0.1) is 23.1 Å². The summed E-state index contributed by atoms with van der Waals surface area (Å²) in [5, 5.41) is 11.5. The maximum Gasteiger partial charge on any atom is 0.282 e. The predicted octanol–water partition coefficient (Wildman–Crippen LogP) is 5.05. The summed E-state index contributed by atoms with van der Waals surface area (Å²) < 4.78 is 20.5. The van der Waals surface area contributed by atoms with Crippen LogP contribution < -0.4 is 15.0 Å². The van der Waals surface area contributed by atoms with Gasteiger partial charge in [0.15, 0.2) is 5.82 Å². The fourth-order valence-electron chi connectivity index (χ4n) is 8.27.